The molecule has 188 valence electrons. The van der Waals surface area contributed by atoms with Crippen LogP contribution >= 0.6 is 0 Å². The van der Waals surface area contributed by atoms with E-state index in [0.717, 1.165) is 27.5 Å². The van der Waals surface area contributed by atoms with E-state index in [9.17, 15) is 4.79 Å². The molecule has 2 aromatic heterocycles. The number of hydrogen-bond acceptors (Lipinski definition) is 6. The lowest BCUT2D eigenvalue weighted by molar-refractivity contribution is 0.0953. The number of amides is 1. The summed E-state index contributed by atoms with van der Waals surface area (Å²) in [6, 6.07) is 27.1. The van der Waals surface area contributed by atoms with Gasteiger partial charge >= 0.3 is 0 Å². The first-order valence-corrected chi connectivity index (χ1v) is 12.1. The van der Waals surface area contributed by atoms with E-state index in [2.05, 4.69) is 11.4 Å². The van der Waals surface area contributed by atoms with E-state index < -0.39 is 0 Å². The molecule has 0 radical (unpaired) electrons. The Kier molecular flexibility index (Phi) is 5.76. The Morgan fingerprint density at radius 1 is 0.842 bits per heavy atom. The molecule has 4 aromatic carbocycles. The van der Waals surface area contributed by atoms with Crippen molar-refractivity contribution in [3.63, 3.8) is 0 Å². The number of fused-ring (bicyclic) bond motifs is 3. The number of carbonyl (C=O) groups excluding carboxylic acids is 1. The minimum Gasteiger partial charge on any atom is -0.497 e. The lowest BCUT2D eigenvalue weighted by Gasteiger charge is -2.11. The predicted molar refractivity (Wildman–Crippen MR) is 149 cm³/mol. The molecule has 0 fully saturated rings. The van der Waals surface area contributed by atoms with Gasteiger partial charge in [-0.3, -0.25) is 9.36 Å². The summed E-state index contributed by atoms with van der Waals surface area (Å²) in [7, 11) is 3.17. The van der Waals surface area contributed by atoms with E-state index in [-0.39, 0.29) is 23.8 Å². The van der Waals surface area contributed by atoms with Gasteiger partial charge in [0, 0.05) is 18.3 Å². The van der Waals surface area contributed by atoms with E-state index in [1.807, 2.05) is 72.8 Å². The van der Waals surface area contributed by atoms with Crippen LogP contribution in [0.15, 0.2) is 84.9 Å². The Hall–Kier alpha value is -5.11. The van der Waals surface area contributed by atoms with Crippen LogP contribution in [0.2, 0.25) is 0 Å². The fourth-order valence-corrected chi connectivity index (χ4v) is 4.70. The Morgan fingerprint density at radius 2 is 1.50 bits per heavy atom. The Balaban J connectivity index is 1.47. The molecule has 8 nitrogen and oxygen atoms in total. The third-order valence-corrected chi connectivity index (χ3v) is 6.58. The largest absolute Gasteiger partial charge is 0.497 e. The molecule has 3 N–H and O–H groups in total. The number of aromatic nitrogens is 3. The van der Waals surface area contributed by atoms with E-state index in [1.165, 1.54) is 0 Å². The molecule has 0 saturated carbocycles. The van der Waals surface area contributed by atoms with Crippen molar-refractivity contribution in [2.45, 2.75) is 6.54 Å². The number of rotatable bonds is 6. The Morgan fingerprint density at radius 3 is 2.21 bits per heavy atom. The number of nitrogens with one attached hydrogen (secondary N) is 1. The number of nitrogen functional groups attached to an aromatic ring is 1. The Bertz CT molecular complexity index is 1820. The third kappa shape index (κ3) is 4.02. The topological polar surface area (TPSA) is 104 Å². The number of methoxy groups -OCH3 is 2. The number of nitrogens with two attached hydrogens (primary N) is 1. The monoisotopic (exact) mass is 503 g/mol. The smallest absolute Gasteiger partial charge is 0.257 e. The maximum absolute atomic E-state index is 13.6. The average molecular weight is 504 g/mol. The number of hydrogen-bond donors (Lipinski definition) is 2. The number of para-hydroxylation sites is 2. The highest BCUT2D eigenvalue weighted by atomic mass is 16.5. The van der Waals surface area contributed by atoms with Crippen LogP contribution in [-0.2, 0) is 6.54 Å². The van der Waals surface area contributed by atoms with E-state index >= 15 is 0 Å². The molecular formula is C30H25N5O3. The first kappa shape index (κ1) is 23.3. The van der Waals surface area contributed by atoms with Crippen molar-refractivity contribution in [2.75, 3.05) is 20.0 Å². The van der Waals surface area contributed by atoms with Gasteiger partial charge in [0.2, 0.25) is 0 Å². The van der Waals surface area contributed by atoms with Gasteiger partial charge in [-0.1, -0.05) is 42.5 Å². The van der Waals surface area contributed by atoms with Crippen LogP contribution in [0.4, 0.5) is 5.82 Å². The van der Waals surface area contributed by atoms with Gasteiger partial charge in [-0.15, -0.1) is 0 Å². The first-order valence-electron chi connectivity index (χ1n) is 12.1. The molecule has 6 aromatic rings. The first-order chi connectivity index (χ1) is 18.6. The molecule has 8 heteroatoms. The van der Waals surface area contributed by atoms with Crippen LogP contribution in [0.25, 0.3) is 38.7 Å². The summed E-state index contributed by atoms with van der Waals surface area (Å²) in [6.45, 7) is 0.246. The minimum atomic E-state index is -0.349. The van der Waals surface area contributed by atoms with Gasteiger partial charge in [0.15, 0.2) is 5.65 Å². The third-order valence-electron chi connectivity index (χ3n) is 6.58. The fraction of sp³-hybridized carbons (Fsp3) is 0.100. The van der Waals surface area contributed by atoms with Crippen molar-refractivity contribution in [3.05, 3.63) is 96.1 Å². The quantitative estimate of drug-likeness (QED) is 0.321. The highest BCUT2D eigenvalue weighted by molar-refractivity contribution is 6.11. The SMILES string of the molecule is COc1cc(CNC(=O)c2c(N)n(-c3ccc4ccccc4c3)c3nc4ccccc4nc23)cc(OC)c1. The lowest BCUT2D eigenvalue weighted by Crippen LogP contribution is -2.24. The molecule has 0 aliphatic heterocycles. The Labute approximate surface area is 218 Å². The van der Waals surface area contributed by atoms with Gasteiger partial charge < -0.3 is 20.5 Å². The predicted octanol–water partition coefficient (Wildman–Crippen LogP) is 5.26. The molecule has 0 aliphatic carbocycles. The molecule has 0 atom stereocenters. The van der Waals surface area contributed by atoms with Crippen molar-refractivity contribution in [1.29, 1.82) is 0 Å². The van der Waals surface area contributed by atoms with E-state index in [4.69, 9.17) is 25.2 Å². The molecule has 38 heavy (non-hydrogen) atoms. The summed E-state index contributed by atoms with van der Waals surface area (Å²) in [5.41, 5.74) is 11.0. The zero-order valence-electron chi connectivity index (χ0n) is 20.9. The van der Waals surface area contributed by atoms with Crippen molar-refractivity contribution >= 4 is 44.7 Å². The summed E-state index contributed by atoms with van der Waals surface area (Å²) >= 11 is 0. The van der Waals surface area contributed by atoms with Crippen LogP contribution in [0, 0.1) is 0 Å². The van der Waals surface area contributed by atoms with Gasteiger partial charge in [-0.05, 0) is 52.7 Å². The van der Waals surface area contributed by atoms with Crippen LogP contribution in [0.1, 0.15) is 15.9 Å². The molecule has 0 spiro atoms. The van der Waals surface area contributed by atoms with Gasteiger partial charge in [-0.2, -0.15) is 0 Å². The second-order valence-electron chi connectivity index (χ2n) is 8.92. The normalized spacial score (nSPS) is 11.2. The second-order valence-corrected chi connectivity index (χ2v) is 8.92. The second kappa shape index (κ2) is 9.40. The molecular weight excluding hydrogens is 478 g/mol. The molecule has 6 rings (SSSR count). The summed E-state index contributed by atoms with van der Waals surface area (Å²) in [5.74, 6) is 1.20. The number of ether oxygens (including phenoxy) is 2. The van der Waals surface area contributed by atoms with Crippen molar-refractivity contribution in [3.8, 4) is 17.2 Å². The van der Waals surface area contributed by atoms with Gasteiger partial charge in [0.1, 0.15) is 28.4 Å². The number of benzene rings is 4. The van der Waals surface area contributed by atoms with Crippen LogP contribution in [0.5, 0.6) is 11.5 Å². The number of anilines is 1. The van der Waals surface area contributed by atoms with E-state index in [1.54, 1.807) is 24.9 Å². The highest BCUT2D eigenvalue weighted by Gasteiger charge is 2.25. The maximum Gasteiger partial charge on any atom is 0.257 e. The zero-order chi connectivity index (χ0) is 26.2. The van der Waals surface area contributed by atoms with Gasteiger partial charge in [-0.25, -0.2) is 9.97 Å². The number of nitrogens with zero attached hydrogens (tertiary/aromatic N) is 3. The average Bonchev–Trinajstić information content (AvgIpc) is 3.24. The van der Waals surface area contributed by atoms with Crippen molar-refractivity contribution in [1.82, 2.24) is 19.9 Å². The summed E-state index contributed by atoms with van der Waals surface area (Å²) in [6.07, 6.45) is 0. The maximum atomic E-state index is 13.6. The molecule has 0 saturated heterocycles. The summed E-state index contributed by atoms with van der Waals surface area (Å²) < 4.78 is 12.5. The van der Waals surface area contributed by atoms with Crippen molar-refractivity contribution in [2.24, 2.45) is 0 Å². The zero-order valence-corrected chi connectivity index (χ0v) is 20.9. The van der Waals surface area contributed by atoms with Gasteiger partial charge in [0.25, 0.3) is 5.91 Å². The minimum absolute atomic E-state index is 0.246. The lowest BCUT2D eigenvalue weighted by atomic mass is 10.1. The van der Waals surface area contributed by atoms with Crippen LogP contribution in [0.3, 0.4) is 0 Å². The summed E-state index contributed by atoms with van der Waals surface area (Å²) in [4.78, 5) is 23.3. The van der Waals surface area contributed by atoms with E-state index in [0.29, 0.717) is 28.2 Å². The molecule has 0 unspecified atom stereocenters. The fourth-order valence-electron chi connectivity index (χ4n) is 4.70. The van der Waals surface area contributed by atoms with Crippen LogP contribution in [-0.4, -0.2) is 34.7 Å². The number of carbonyl (C=O) groups is 1. The van der Waals surface area contributed by atoms with Crippen LogP contribution < -0.4 is 20.5 Å². The molecule has 1 amide bonds. The highest BCUT2D eigenvalue weighted by Crippen LogP contribution is 2.32. The van der Waals surface area contributed by atoms with Gasteiger partial charge in [0.05, 0.1) is 25.3 Å². The molecule has 2 heterocycles. The van der Waals surface area contributed by atoms with Crippen molar-refractivity contribution < 1.29 is 14.3 Å². The molecule has 0 bridgehead atoms. The summed E-state index contributed by atoms with van der Waals surface area (Å²) in [5, 5.41) is 5.14. The standard InChI is InChI=1S/C30H25N5O3/c1-37-22-13-18(14-23(16-22)38-2)17-32-30(36)26-27-29(34-25-10-6-5-9-24(25)33-27)35(28(26)31)21-12-11-19-7-3-4-8-20(19)15-21/h3-16H,17,31H2,1-2H3,(H,32,36). The molecule has 0 aliphatic rings.